The van der Waals surface area contributed by atoms with Crippen LogP contribution >= 0.6 is 0 Å². The Morgan fingerprint density at radius 2 is 2.29 bits per heavy atom. The van der Waals surface area contributed by atoms with Gasteiger partial charge in [-0.3, -0.25) is 0 Å². The first-order valence-corrected chi connectivity index (χ1v) is 5.88. The van der Waals surface area contributed by atoms with Crippen molar-refractivity contribution in [2.75, 3.05) is 13.2 Å². The first-order valence-electron chi connectivity index (χ1n) is 5.88. The highest BCUT2D eigenvalue weighted by Crippen LogP contribution is 2.25. The number of hydrogen-bond donors (Lipinski definition) is 3. The SMILES string of the molecule is CCCC(CN)NC1CCCC1CO. The summed E-state index contributed by atoms with van der Waals surface area (Å²) >= 11 is 0. The maximum atomic E-state index is 9.18. The molecule has 1 saturated carbocycles. The van der Waals surface area contributed by atoms with Crippen LogP contribution in [0.4, 0.5) is 0 Å². The van der Waals surface area contributed by atoms with Crippen molar-refractivity contribution in [2.45, 2.75) is 51.1 Å². The zero-order valence-electron chi connectivity index (χ0n) is 9.21. The van der Waals surface area contributed by atoms with Crippen molar-refractivity contribution in [2.24, 2.45) is 11.7 Å². The van der Waals surface area contributed by atoms with Crippen molar-refractivity contribution in [3.8, 4) is 0 Å². The average Bonchev–Trinajstić information content (AvgIpc) is 2.64. The van der Waals surface area contributed by atoms with Gasteiger partial charge in [0.25, 0.3) is 0 Å². The molecule has 0 amide bonds. The van der Waals surface area contributed by atoms with Crippen LogP contribution in [0.15, 0.2) is 0 Å². The Balaban J connectivity index is 2.32. The molecule has 0 saturated heterocycles. The summed E-state index contributed by atoms with van der Waals surface area (Å²) in [5, 5.41) is 12.8. The number of aliphatic hydroxyl groups excluding tert-OH is 1. The van der Waals surface area contributed by atoms with E-state index in [1.54, 1.807) is 0 Å². The highest BCUT2D eigenvalue weighted by atomic mass is 16.3. The van der Waals surface area contributed by atoms with Gasteiger partial charge in [-0.15, -0.1) is 0 Å². The van der Waals surface area contributed by atoms with E-state index >= 15 is 0 Å². The minimum atomic E-state index is 0.321. The second kappa shape index (κ2) is 6.38. The summed E-state index contributed by atoms with van der Waals surface area (Å²) in [5.74, 6) is 0.459. The topological polar surface area (TPSA) is 58.3 Å². The quantitative estimate of drug-likeness (QED) is 0.596. The van der Waals surface area contributed by atoms with Crippen LogP contribution in [0.2, 0.25) is 0 Å². The van der Waals surface area contributed by atoms with Gasteiger partial charge in [0.05, 0.1) is 0 Å². The van der Waals surface area contributed by atoms with Crippen molar-refractivity contribution in [3.63, 3.8) is 0 Å². The standard InChI is InChI=1S/C11H24N2O/c1-2-4-10(7-12)13-11-6-3-5-9(11)8-14/h9-11,13-14H,2-8,12H2,1H3. The molecule has 1 aliphatic rings. The summed E-state index contributed by atoms with van der Waals surface area (Å²) in [6.07, 6.45) is 5.92. The monoisotopic (exact) mass is 200 g/mol. The average molecular weight is 200 g/mol. The Kier molecular flexibility index (Phi) is 5.45. The van der Waals surface area contributed by atoms with Gasteiger partial charge in [-0.05, 0) is 25.2 Å². The maximum Gasteiger partial charge on any atom is 0.0474 e. The Morgan fingerprint density at radius 1 is 1.50 bits per heavy atom. The molecule has 3 nitrogen and oxygen atoms in total. The minimum absolute atomic E-state index is 0.321. The highest BCUT2D eigenvalue weighted by Gasteiger charge is 2.27. The van der Waals surface area contributed by atoms with Crippen molar-refractivity contribution in [1.82, 2.24) is 5.32 Å². The Hall–Kier alpha value is -0.120. The number of aliphatic hydroxyl groups is 1. The molecule has 4 N–H and O–H groups in total. The predicted molar refractivity (Wildman–Crippen MR) is 59.1 cm³/mol. The van der Waals surface area contributed by atoms with Crippen LogP contribution in [0.25, 0.3) is 0 Å². The molecule has 0 heterocycles. The van der Waals surface area contributed by atoms with Crippen LogP contribution in [-0.2, 0) is 0 Å². The fourth-order valence-corrected chi connectivity index (χ4v) is 2.40. The second-order valence-electron chi connectivity index (χ2n) is 4.37. The van der Waals surface area contributed by atoms with Gasteiger partial charge in [-0.2, -0.15) is 0 Å². The Bertz CT molecular complexity index is 152. The van der Waals surface area contributed by atoms with Gasteiger partial charge in [0, 0.05) is 25.2 Å². The molecule has 0 spiro atoms. The third-order valence-corrected chi connectivity index (χ3v) is 3.27. The van der Waals surface area contributed by atoms with Crippen molar-refractivity contribution in [1.29, 1.82) is 0 Å². The fraction of sp³-hybridized carbons (Fsp3) is 1.00. The van der Waals surface area contributed by atoms with E-state index in [-0.39, 0.29) is 0 Å². The highest BCUT2D eigenvalue weighted by molar-refractivity contribution is 4.85. The van der Waals surface area contributed by atoms with Gasteiger partial charge in [0.1, 0.15) is 0 Å². The molecule has 14 heavy (non-hydrogen) atoms. The van der Waals surface area contributed by atoms with Crippen molar-refractivity contribution >= 4 is 0 Å². The minimum Gasteiger partial charge on any atom is -0.396 e. The lowest BCUT2D eigenvalue weighted by atomic mass is 10.0. The van der Waals surface area contributed by atoms with E-state index in [0.717, 1.165) is 12.8 Å². The van der Waals surface area contributed by atoms with Crippen molar-refractivity contribution < 1.29 is 5.11 Å². The van der Waals surface area contributed by atoms with Crippen LogP contribution in [0.5, 0.6) is 0 Å². The predicted octanol–water partition coefficient (Wildman–Crippen LogP) is 0.864. The van der Waals surface area contributed by atoms with Gasteiger partial charge in [0.2, 0.25) is 0 Å². The maximum absolute atomic E-state index is 9.18. The molecule has 1 fully saturated rings. The van der Waals surface area contributed by atoms with E-state index in [2.05, 4.69) is 12.2 Å². The zero-order chi connectivity index (χ0) is 10.4. The smallest absolute Gasteiger partial charge is 0.0474 e. The molecule has 0 aromatic heterocycles. The molecule has 3 unspecified atom stereocenters. The third-order valence-electron chi connectivity index (χ3n) is 3.27. The summed E-state index contributed by atoms with van der Waals surface area (Å²) in [6.45, 7) is 3.21. The van der Waals surface area contributed by atoms with Crippen molar-refractivity contribution in [3.05, 3.63) is 0 Å². The molecule has 0 aromatic carbocycles. The van der Waals surface area contributed by atoms with E-state index in [9.17, 15) is 5.11 Å². The molecule has 0 aromatic rings. The van der Waals surface area contributed by atoms with E-state index in [0.29, 0.717) is 31.2 Å². The number of rotatable bonds is 6. The second-order valence-corrected chi connectivity index (χ2v) is 4.37. The summed E-state index contributed by atoms with van der Waals surface area (Å²) in [5.41, 5.74) is 5.70. The molecule has 0 bridgehead atoms. The lowest BCUT2D eigenvalue weighted by Crippen LogP contribution is -2.45. The van der Waals surface area contributed by atoms with Crippen LogP contribution < -0.4 is 11.1 Å². The fourth-order valence-electron chi connectivity index (χ4n) is 2.40. The molecular weight excluding hydrogens is 176 g/mol. The lowest BCUT2D eigenvalue weighted by molar-refractivity contribution is 0.198. The van der Waals surface area contributed by atoms with Gasteiger partial charge >= 0.3 is 0 Å². The molecule has 3 atom stereocenters. The van der Waals surface area contributed by atoms with Gasteiger partial charge < -0.3 is 16.2 Å². The molecule has 0 aliphatic heterocycles. The number of nitrogens with two attached hydrogens (primary N) is 1. The first kappa shape index (κ1) is 12.0. The van der Waals surface area contributed by atoms with Gasteiger partial charge in [-0.1, -0.05) is 19.8 Å². The summed E-state index contributed by atoms with van der Waals surface area (Å²) in [7, 11) is 0. The van der Waals surface area contributed by atoms with Crippen LogP contribution in [0, 0.1) is 5.92 Å². The van der Waals surface area contributed by atoms with E-state index in [1.807, 2.05) is 0 Å². The van der Waals surface area contributed by atoms with E-state index in [1.165, 1.54) is 19.3 Å². The van der Waals surface area contributed by atoms with Crippen LogP contribution in [-0.4, -0.2) is 30.3 Å². The Morgan fingerprint density at radius 3 is 2.86 bits per heavy atom. The molecule has 0 radical (unpaired) electrons. The first-order chi connectivity index (χ1) is 6.81. The Labute approximate surface area is 87.1 Å². The zero-order valence-corrected chi connectivity index (χ0v) is 9.21. The van der Waals surface area contributed by atoms with Crippen LogP contribution in [0.1, 0.15) is 39.0 Å². The molecule has 1 rings (SSSR count). The number of hydrogen-bond acceptors (Lipinski definition) is 3. The normalized spacial score (nSPS) is 29.4. The van der Waals surface area contributed by atoms with Gasteiger partial charge in [0.15, 0.2) is 0 Å². The molecule has 1 aliphatic carbocycles. The summed E-state index contributed by atoms with van der Waals surface area (Å²) in [6, 6.07) is 0.942. The molecule has 84 valence electrons. The molecular formula is C11H24N2O. The lowest BCUT2D eigenvalue weighted by Gasteiger charge is -2.25. The van der Waals surface area contributed by atoms with E-state index in [4.69, 9.17) is 5.73 Å². The van der Waals surface area contributed by atoms with Crippen LogP contribution in [0.3, 0.4) is 0 Å². The molecule has 3 heteroatoms. The van der Waals surface area contributed by atoms with Gasteiger partial charge in [-0.25, -0.2) is 0 Å². The third kappa shape index (κ3) is 3.23. The summed E-state index contributed by atoms with van der Waals surface area (Å²) < 4.78 is 0. The largest absolute Gasteiger partial charge is 0.396 e. The number of nitrogens with one attached hydrogen (secondary N) is 1. The summed E-state index contributed by atoms with van der Waals surface area (Å²) in [4.78, 5) is 0. The van der Waals surface area contributed by atoms with E-state index < -0.39 is 0 Å².